The van der Waals surface area contributed by atoms with Crippen molar-refractivity contribution in [2.75, 3.05) is 6.54 Å². The first-order valence-electron chi connectivity index (χ1n) is 7.95. The van der Waals surface area contributed by atoms with E-state index in [-0.39, 0.29) is 30.2 Å². The molecule has 1 aromatic rings. The molecule has 1 aromatic carbocycles. The smallest absolute Gasteiger partial charge is 0.349 e. The molecule has 0 heterocycles. The quantitative estimate of drug-likeness (QED) is 0.805. The molecule has 1 aliphatic rings. The van der Waals surface area contributed by atoms with Crippen LogP contribution >= 0.6 is 12.4 Å². The number of nitrogens with one attached hydrogen (secondary N) is 1. The third-order valence-corrected chi connectivity index (χ3v) is 4.90. The molecule has 0 aromatic heterocycles. The minimum atomic E-state index is -4.36. The second-order valence-electron chi connectivity index (χ2n) is 6.25. The van der Waals surface area contributed by atoms with Gasteiger partial charge in [-0.15, -0.1) is 12.4 Å². The van der Waals surface area contributed by atoms with Gasteiger partial charge in [-0.2, -0.15) is 13.2 Å². The van der Waals surface area contributed by atoms with Crippen LogP contribution in [0.5, 0.6) is 0 Å². The predicted molar refractivity (Wildman–Crippen MR) is 90.1 cm³/mol. The Morgan fingerprint density at radius 3 is 2.42 bits per heavy atom. The molecule has 1 fully saturated rings. The summed E-state index contributed by atoms with van der Waals surface area (Å²) in [6.07, 6.45) is -2.32. The van der Waals surface area contributed by atoms with Crippen molar-refractivity contribution in [1.82, 2.24) is 5.32 Å². The minimum Gasteiger partial charge on any atom is -0.349 e. The number of rotatable bonds is 6. The molecule has 0 spiro atoms. The molecular weight excluding hydrogens is 341 g/mol. The van der Waals surface area contributed by atoms with Gasteiger partial charge in [0.1, 0.15) is 0 Å². The fourth-order valence-electron chi connectivity index (χ4n) is 2.92. The normalized spacial score (nSPS) is 20.2. The second kappa shape index (κ2) is 7.74. The lowest BCUT2D eigenvalue weighted by atomic mass is 9.92. The Morgan fingerprint density at radius 1 is 1.29 bits per heavy atom. The van der Waals surface area contributed by atoms with Gasteiger partial charge in [0.2, 0.25) is 5.91 Å². The summed E-state index contributed by atoms with van der Waals surface area (Å²) < 4.78 is 38.3. The largest absolute Gasteiger partial charge is 0.416 e. The molecule has 1 aliphatic carbocycles. The standard InChI is InChI=1S/C17H23F3N2O.ClH/c1-3-16(4-2,10-21)22-15(23)14-9-13(14)11-6-5-7-12(8-11)17(18,19)20;/h5-8,13-14H,3-4,9-10,21H2,1-2H3,(H,22,23);1H. The van der Waals surface area contributed by atoms with E-state index >= 15 is 0 Å². The third kappa shape index (κ3) is 4.42. The fraction of sp³-hybridized carbons (Fsp3) is 0.588. The number of amides is 1. The van der Waals surface area contributed by atoms with Gasteiger partial charge in [0.25, 0.3) is 0 Å². The van der Waals surface area contributed by atoms with Gasteiger partial charge in [0, 0.05) is 12.5 Å². The number of benzene rings is 1. The molecule has 7 heteroatoms. The molecule has 2 unspecified atom stereocenters. The van der Waals surface area contributed by atoms with E-state index in [2.05, 4.69) is 5.32 Å². The number of carbonyl (C=O) groups is 1. The van der Waals surface area contributed by atoms with Crippen molar-refractivity contribution in [1.29, 1.82) is 0 Å². The minimum absolute atomic E-state index is 0. The average molecular weight is 365 g/mol. The topological polar surface area (TPSA) is 55.1 Å². The molecule has 24 heavy (non-hydrogen) atoms. The molecule has 2 rings (SSSR count). The summed E-state index contributed by atoms with van der Waals surface area (Å²) in [7, 11) is 0. The van der Waals surface area contributed by atoms with Crippen molar-refractivity contribution in [2.45, 2.75) is 50.7 Å². The van der Waals surface area contributed by atoms with E-state index in [1.54, 1.807) is 6.07 Å². The Kier molecular flexibility index (Phi) is 6.70. The van der Waals surface area contributed by atoms with Crippen molar-refractivity contribution >= 4 is 18.3 Å². The van der Waals surface area contributed by atoms with Crippen LogP contribution in [0.3, 0.4) is 0 Å². The SMILES string of the molecule is CCC(CC)(CN)NC(=O)C1CC1c1cccc(C(F)(F)F)c1.Cl. The Hall–Kier alpha value is -1.27. The molecule has 0 radical (unpaired) electrons. The zero-order valence-electron chi connectivity index (χ0n) is 13.8. The molecular formula is C17H24ClF3N2O. The first kappa shape index (κ1) is 20.8. The maximum Gasteiger partial charge on any atom is 0.416 e. The summed E-state index contributed by atoms with van der Waals surface area (Å²) in [5.74, 6) is -0.509. The molecule has 1 saturated carbocycles. The van der Waals surface area contributed by atoms with Crippen LogP contribution in [0, 0.1) is 5.92 Å². The number of carbonyl (C=O) groups excluding carboxylic acids is 1. The number of hydrogen-bond donors (Lipinski definition) is 2. The van der Waals surface area contributed by atoms with Gasteiger partial charge in [-0.25, -0.2) is 0 Å². The molecule has 3 N–H and O–H groups in total. The fourth-order valence-corrected chi connectivity index (χ4v) is 2.92. The first-order chi connectivity index (χ1) is 10.8. The lowest BCUT2D eigenvalue weighted by molar-refractivity contribution is -0.137. The van der Waals surface area contributed by atoms with Crippen LogP contribution in [0.2, 0.25) is 0 Å². The van der Waals surface area contributed by atoms with E-state index in [1.807, 2.05) is 13.8 Å². The number of alkyl halides is 3. The second-order valence-corrected chi connectivity index (χ2v) is 6.25. The number of halogens is 4. The summed E-state index contributed by atoms with van der Waals surface area (Å²) >= 11 is 0. The average Bonchev–Trinajstić information content (AvgIpc) is 3.33. The van der Waals surface area contributed by atoms with Crippen LogP contribution in [0.25, 0.3) is 0 Å². The summed E-state index contributed by atoms with van der Waals surface area (Å²) in [5.41, 5.74) is 5.26. The van der Waals surface area contributed by atoms with Crippen LogP contribution < -0.4 is 11.1 Å². The monoisotopic (exact) mass is 364 g/mol. The van der Waals surface area contributed by atoms with Crippen LogP contribution in [-0.2, 0) is 11.0 Å². The highest BCUT2D eigenvalue weighted by Crippen LogP contribution is 2.48. The molecule has 136 valence electrons. The van der Waals surface area contributed by atoms with Crippen molar-refractivity contribution < 1.29 is 18.0 Å². The molecule has 2 atom stereocenters. The van der Waals surface area contributed by atoms with Gasteiger partial charge >= 0.3 is 6.18 Å². The van der Waals surface area contributed by atoms with E-state index in [1.165, 1.54) is 6.07 Å². The van der Waals surface area contributed by atoms with Gasteiger partial charge in [-0.05, 0) is 36.8 Å². The molecule has 0 aliphatic heterocycles. The molecule has 0 saturated heterocycles. The van der Waals surface area contributed by atoms with Gasteiger partial charge in [0.15, 0.2) is 0 Å². The lowest BCUT2D eigenvalue weighted by Gasteiger charge is -2.31. The van der Waals surface area contributed by atoms with E-state index in [0.29, 0.717) is 18.5 Å². The summed E-state index contributed by atoms with van der Waals surface area (Å²) in [5, 5.41) is 3.00. The highest BCUT2D eigenvalue weighted by Gasteiger charge is 2.46. The Bertz CT molecular complexity index is 565. The van der Waals surface area contributed by atoms with E-state index < -0.39 is 17.3 Å². The predicted octanol–water partition coefficient (Wildman–Crippen LogP) is 3.86. The van der Waals surface area contributed by atoms with E-state index in [0.717, 1.165) is 25.0 Å². The van der Waals surface area contributed by atoms with Crippen molar-refractivity contribution in [3.8, 4) is 0 Å². The van der Waals surface area contributed by atoms with Crippen molar-refractivity contribution in [3.63, 3.8) is 0 Å². The lowest BCUT2D eigenvalue weighted by Crippen LogP contribution is -2.53. The van der Waals surface area contributed by atoms with Crippen molar-refractivity contribution in [3.05, 3.63) is 35.4 Å². The highest BCUT2D eigenvalue weighted by molar-refractivity contribution is 5.85. The number of nitrogens with two attached hydrogens (primary N) is 1. The van der Waals surface area contributed by atoms with Crippen LogP contribution in [-0.4, -0.2) is 18.0 Å². The molecule has 3 nitrogen and oxygen atoms in total. The summed E-state index contributed by atoms with van der Waals surface area (Å²) in [4.78, 5) is 12.4. The Balaban J connectivity index is 0.00000288. The first-order valence-corrected chi connectivity index (χ1v) is 7.95. The molecule has 0 bridgehead atoms. The maximum atomic E-state index is 12.8. The van der Waals surface area contributed by atoms with Gasteiger partial charge in [0.05, 0.1) is 11.1 Å². The highest BCUT2D eigenvalue weighted by atomic mass is 35.5. The van der Waals surface area contributed by atoms with Gasteiger partial charge in [-0.1, -0.05) is 32.0 Å². The van der Waals surface area contributed by atoms with Gasteiger partial charge < -0.3 is 11.1 Å². The van der Waals surface area contributed by atoms with Crippen LogP contribution in [0.4, 0.5) is 13.2 Å². The Labute approximate surface area is 146 Å². The molecule has 1 amide bonds. The summed E-state index contributed by atoms with van der Waals surface area (Å²) in [6, 6.07) is 5.25. The van der Waals surface area contributed by atoms with Crippen LogP contribution in [0.15, 0.2) is 24.3 Å². The van der Waals surface area contributed by atoms with E-state index in [4.69, 9.17) is 5.73 Å². The summed E-state index contributed by atoms with van der Waals surface area (Å²) in [6.45, 7) is 4.29. The zero-order valence-corrected chi connectivity index (χ0v) is 14.6. The maximum absolute atomic E-state index is 12.8. The van der Waals surface area contributed by atoms with E-state index in [9.17, 15) is 18.0 Å². The third-order valence-electron chi connectivity index (χ3n) is 4.90. The zero-order chi connectivity index (χ0) is 17.3. The van der Waals surface area contributed by atoms with Crippen molar-refractivity contribution in [2.24, 2.45) is 11.7 Å². The number of hydrogen-bond acceptors (Lipinski definition) is 2. The van der Waals surface area contributed by atoms with Gasteiger partial charge in [-0.3, -0.25) is 4.79 Å². The van der Waals surface area contributed by atoms with Crippen LogP contribution in [0.1, 0.15) is 50.2 Å². The Morgan fingerprint density at radius 2 is 1.92 bits per heavy atom.